The van der Waals surface area contributed by atoms with E-state index < -0.39 is 0 Å². The molecule has 0 aliphatic heterocycles. The highest BCUT2D eigenvalue weighted by atomic mass is 79.9. The molecule has 1 fully saturated rings. The third kappa shape index (κ3) is 3.10. The van der Waals surface area contributed by atoms with Crippen LogP contribution in [-0.4, -0.2) is 22.8 Å². The maximum Gasteiger partial charge on any atom is 0.226 e. The summed E-state index contributed by atoms with van der Waals surface area (Å²) in [5, 5.41) is 0.993. The highest BCUT2D eigenvalue weighted by Crippen LogP contribution is 2.48. The number of nitrogens with zero attached hydrogens (tertiary/aromatic N) is 2. The lowest BCUT2D eigenvalue weighted by molar-refractivity contribution is -0.131. The standard InChI is InChI=1S/C19H17BrN2OS/c1-22(11-18-21-16-4-2-3-5-17(16)24-18)19(23)15-10-14(15)12-6-8-13(20)9-7-12/h2-9,14-15H,10-11H2,1H3. The van der Waals surface area contributed by atoms with Crippen LogP contribution in [0.15, 0.2) is 53.0 Å². The first kappa shape index (κ1) is 15.8. The number of para-hydroxylation sites is 1. The number of benzene rings is 2. The zero-order valence-electron chi connectivity index (χ0n) is 13.3. The monoisotopic (exact) mass is 400 g/mol. The molecule has 3 aromatic rings. The highest BCUT2D eigenvalue weighted by Gasteiger charge is 2.45. The molecule has 24 heavy (non-hydrogen) atoms. The molecule has 3 nitrogen and oxygen atoms in total. The SMILES string of the molecule is CN(Cc1nc2ccccc2s1)C(=O)C1CC1c1ccc(Br)cc1. The Morgan fingerprint density at radius 3 is 2.75 bits per heavy atom. The fourth-order valence-electron chi connectivity index (χ4n) is 3.10. The average Bonchev–Trinajstić information content (AvgIpc) is 3.27. The molecule has 1 heterocycles. The minimum atomic E-state index is 0.116. The van der Waals surface area contributed by atoms with Crippen molar-refractivity contribution >= 4 is 43.4 Å². The molecule has 5 heteroatoms. The van der Waals surface area contributed by atoms with Gasteiger partial charge in [0.15, 0.2) is 0 Å². The van der Waals surface area contributed by atoms with E-state index in [2.05, 4.69) is 39.1 Å². The van der Waals surface area contributed by atoms with Crippen molar-refractivity contribution in [3.8, 4) is 0 Å². The lowest BCUT2D eigenvalue weighted by Gasteiger charge is -2.15. The Morgan fingerprint density at radius 2 is 2.00 bits per heavy atom. The summed E-state index contributed by atoms with van der Waals surface area (Å²) in [6.45, 7) is 0.585. The number of thiazole rings is 1. The van der Waals surface area contributed by atoms with Crippen LogP contribution in [0.3, 0.4) is 0 Å². The fourth-order valence-corrected chi connectivity index (χ4v) is 4.38. The molecule has 2 unspecified atom stereocenters. The van der Waals surface area contributed by atoms with Crippen molar-refractivity contribution in [3.05, 3.63) is 63.6 Å². The van der Waals surface area contributed by atoms with E-state index in [1.54, 1.807) is 11.3 Å². The van der Waals surface area contributed by atoms with Crippen LogP contribution in [-0.2, 0) is 11.3 Å². The first-order valence-electron chi connectivity index (χ1n) is 7.97. The van der Waals surface area contributed by atoms with E-state index in [0.29, 0.717) is 12.5 Å². The molecule has 1 amide bonds. The van der Waals surface area contributed by atoms with Crippen molar-refractivity contribution in [2.24, 2.45) is 5.92 Å². The van der Waals surface area contributed by atoms with Gasteiger partial charge < -0.3 is 4.90 Å². The second kappa shape index (κ2) is 6.30. The van der Waals surface area contributed by atoms with E-state index in [9.17, 15) is 4.79 Å². The van der Waals surface area contributed by atoms with Crippen LogP contribution in [0.5, 0.6) is 0 Å². The molecule has 1 aliphatic rings. The van der Waals surface area contributed by atoms with Gasteiger partial charge in [-0.05, 0) is 42.2 Å². The number of fused-ring (bicyclic) bond motifs is 1. The summed E-state index contributed by atoms with van der Waals surface area (Å²) in [4.78, 5) is 19.1. The van der Waals surface area contributed by atoms with Gasteiger partial charge >= 0.3 is 0 Å². The van der Waals surface area contributed by atoms with E-state index in [-0.39, 0.29) is 11.8 Å². The summed E-state index contributed by atoms with van der Waals surface area (Å²) in [6.07, 6.45) is 0.949. The van der Waals surface area contributed by atoms with Gasteiger partial charge in [-0.3, -0.25) is 4.79 Å². The summed E-state index contributed by atoms with van der Waals surface area (Å²) in [7, 11) is 1.88. The van der Waals surface area contributed by atoms with Crippen LogP contribution in [0.2, 0.25) is 0 Å². The summed E-state index contributed by atoms with van der Waals surface area (Å²) >= 11 is 5.12. The van der Waals surface area contributed by atoms with Gasteiger partial charge in [-0.15, -0.1) is 11.3 Å². The minimum absolute atomic E-state index is 0.116. The Morgan fingerprint density at radius 1 is 1.25 bits per heavy atom. The minimum Gasteiger partial charge on any atom is -0.339 e. The third-order valence-electron chi connectivity index (χ3n) is 4.49. The topological polar surface area (TPSA) is 33.2 Å². The number of carbonyl (C=O) groups is 1. The molecule has 1 aliphatic carbocycles. The number of hydrogen-bond donors (Lipinski definition) is 0. The molecule has 2 atom stereocenters. The summed E-state index contributed by atoms with van der Waals surface area (Å²) < 4.78 is 2.25. The van der Waals surface area contributed by atoms with Crippen molar-refractivity contribution in [1.29, 1.82) is 0 Å². The maximum absolute atomic E-state index is 12.7. The van der Waals surface area contributed by atoms with Crippen LogP contribution in [0.25, 0.3) is 10.2 Å². The van der Waals surface area contributed by atoms with Gasteiger partial charge in [0.2, 0.25) is 5.91 Å². The highest BCUT2D eigenvalue weighted by molar-refractivity contribution is 9.10. The summed E-state index contributed by atoms with van der Waals surface area (Å²) in [6, 6.07) is 16.4. The molecular weight excluding hydrogens is 384 g/mol. The Kier molecular flexibility index (Phi) is 4.14. The van der Waals surface area contributed by atoms with E-state index in [0.717, 1.165) is 21.4 Å². The van der Waals surface area contributed by atoms with Crippen LogP contribution < -0.4 is 0 Å². The summed E-state index contributed by atoms with van der Waals surface area (Å²) in [5.41, 5.74) is 2.27. The normalized spacial score (nSPS) is 19.4. The van der Waals surface area contributed by atoms with Crippen molar-refractivity contribution in [1.82, 2.24) is 9.88 Å². The van der Waals surface area contributed by atoms with Crippen molar-refractivity contribution < 1.29 is 4.79 Å². The lowest BCUT2D eigenvalue weighted by atomic mass is 10.1. The Balaban J connectivity index is 1.42. The second-order valence-electron chi connectivity index (χ2n) is 6.27. The first-order valence-corrected chi connectivity index (χ1v) is 9.57. The van der Waals surface area contributed by atoms with Gasteiger partial charge in [-0.2, -0.15) is 0 Å². The molecule has 4 rings (SSSR count). The molecule has 0 bridgehead atoms. The van der Waals surface area contributed by atoms with Gasteiger partial charge in [0, 0.05) is 17.4 Å². The van der Waals surface area contributed by atoms with Gasteiger partial charge in [-0.25, -0.2) is 4.98 Å². The van der Waals surface area contributed by atoms with Crippen LogP contribution in [0, 0.1) is 5.92 Å². The van der Waals surface area contributed by atoms with Gasteiger partial charge in [0.05, 0.1) is 16.8 Å². The molecule has 1 aromatic heterocycles. The zero-order chi connectivity index (χ0) is 16.7. The van der Waals surface area contributed by atoms with E-state index in [4.69, 9.17) is 0 Å². The van der Waals surface area contributed by atoms with E-state index in [1.165, 1.54) is 10.3 Å². The Bertz CT molecular complexity index is 857. The van der Waals surface area contributed by atoms with Crippen molar-refractivity contribution in [3.63, 3.8) is 0 Å². The smallest absolute Gasteiger partial charge is 0.226 e. The van der Waals surface area contributed by atoms with Gasteiger partial charge in [0.25, 0.3) is 0 Å². The fraction of sp³-hybridized carbons (Fsp3) is 0.263. The molecule has 122 valence electrons. The van der Waals surface area contributed by atoms with Gasteiger partial charge in [-0.1, -0.05) is 40.2 Å². The van der Waals surface area contributed by atoms with Crippen molar-refractivity contribution in [2.75, 3.05) is 7.05 Å². The Hall–Kier alpha value is -1.72. The molecule has 2 aromatic carbocycles. The predicted molar refractivity (Wildman–Crippen MR) is 101 cm³/mol. The quantitative estimate of drug-likeness (QED) is 0.628. The molecular formula is C19H17BrN2OS. The molecule has 1 saturated carbocycles. The number of hydrogen-bond acceptors (Lipinski definition) is 3. The lowest BCUT2D eigenvalue weighted by Crippen LogP contribution is -2.28. The first-order chi connectivity index (χ1) is 11.6. The largest absolute Gasteiger partial charge is 0.339 e. The van der Waals surface area contributed by atoms with Crippen LogP contribution in [0.1, 0.15) is 22.9 Å². The van der Waals surface area contributed by atoms with Crippen LogP contribution >= 0.6 is 27.3 Å². The van der Waals surface area contributed by atoms with E-state index >= 15 is 0 Å². The molecule has 0 saturated heterocycles. The predicted octanol–water partition coefficient (Wildman–Crippen LogP) is 4.82. The van der Waals surface area contributed by atoms with Crippen LogP contribution in [0.4, 0.5) is 0 Å². The Labute approximate surface area is 153 Å². The molecule has 0 radical (unpaired) electrons. The average molecular weight is 401 g/mol. The number of carbonyl (C=O) groups excluding carboxylic acids is 1. The third-order valence-corrected chi connectivity index (χ3v) is 6.04. The molecule has 0 N–H and O–H groups in total. The number of amides is 1. The second-order valence-corrected chi connectivity index (χ2v) is 8.30. The number of aromatic nitrogens is 1. The summed E-state index contributed by atoms with van der Waals surface area (Å²) in [5.74, 6) is 0.705. The molecule has 0 spiro atoms. The number of rotatable bonds is 4. The van der Waals surface area contributed by atoms with Crippen molar-refractivity contribution in [2.45, 2.75) is 18.9 Å². The zero-order valence-corrected chi connectivity index (χ0v) is 15.7. The van der Waals surface area contributed by atoms with E-state index in [1.807, 2.05) is 42.3 Å². The van der Waals surface area contributed by atoms with Gasteiger partial charge in [0.1, 0.15) is 5.01 Å². The number of halogens is 1. The maximum atomic E-state index is 12.7.